The van der Waals surface area contributed by atoms with Gasteiger partial charge in [0.1, 0.15) is 0 Å². The second-order valence-corrected chi connectivity index (χ2v) is 6.88. The lowest BCUT2D eigenvalue weighted by Gasteiger charge is -2.33. The van der Waals surface area contributed by atoms with Gasteiger partial charge >= 0.3 is 6.03 Å². The van der Waals surface area contributed by atoms with E-state index in [9.17, 15) is 9.59 Å². The number of hydrogen-bond donors (Lipinski definition) is 3. The van der Waals surface area contributed by atoms with Crippen molar-refractivity contribution in [1.29, 1.82) is 0 Å². The maximum Gasteiger partial charge on any atom is 0.324 e. The quantitative estimate of drug-likeness (QED) is 0.381. The zero-order valence-corrected chi connectivity index (χ0v) is 15.8. The van der Waals surface area contributed by atoms with E-state index in [2.05, 4.69) is 50.1 Å². The van der Waals surface area contributed by atoms with Crippen molar-refractivity contribution < 1.29 is 9.59 Å². The molecule has 146 valence electrons. The van der Waals surface area contributed by atoms with Crippen molar-refractivity contribution in [2.45, 2.75) is 25.4 Å². The number of benzene rings is 1. The molecule has 0 spiro atoms. The van der Waals surface area contributed by atoms with Gasteiger partial charge in [0.15, 0.2) is 5.96 Å². The molecule has 1 aromatic rings. The van der Waals surface area contributed by atoms with Crippen molar-refractivity contribution in [3.8, 4) is 0 Å². The van der Waals surface area contributed by atoms with Crippen LogP contribution in [0.5, 0.6) is 0 Å². The van der Waals surface area contributed by atoms with Crippen LogP contribution in [-0.2, 0) is 11.3 Å². The first kappa shape index (κ1) is 19.2. The van der Waals surface area contributed by atoms with Gasteiger partial charge in [-0.25, -0.2) is 4.79 Å². The molecule has 2 heterocycles. The standard InChI is InChI=1S/C19H28N6O2/c1-20-18(21-9-12-25-17(26)13-22-19(25)27)23-16-7-10-24(11-8-16)14-15-5-3-2-4-6-15/h2-6,16H,7-14H2,1H3,(H,22,27)(H2,20,21,23). The fraction of sp³-hybridized carbons (Fsp3) is 0.526. The molecule has 2 aliphatic heterocycles. The molecule has 0 atom stereocenters. The fourth-order valence-electron chi connectivity index (χ4n) is 3.43. The Morgan fingerprint density at radius 1 is 1.22 bits per heavy atom. The second kappa shape index (κ2) is 9.36. The monoisotopic (exact) mass is 372 g/mol. The van der Waals surface area contributed by atoms with Crippen LogP contribution < -0.4 is 16.0 Å². The van der Waals surface area contributed by atoms with Crippen LogP contribution in [0.3, 0.4) is 0 Å². The molecule has 2 saturated heterocycles. The molecular weight excluding hydrogens is 344 g/mol. The molecule has 0 unspecified atom stereocenters. The molecule has 2 aliphatic rings. The normalized spacial score (nSPS) is 19.3. The molecule has 8 heteroatoms. The number of imide groups is 1. The third-order valence-corrected chi connectivity index (χ3v) is 4.97. The largest absolute Gasteiger partial charge is 0.355 e. The van der Waals surface area contributed by atoms with E-state index in [0.29, 0.717) is 25.1 Å². The summed E-state index contributed by atoms with van der Waals surface area (Å²) < 4.78 is 0. The van der Waals surface area contributed by atoms with Crippen LogP contribution in [0.4, 0.5) is 4.79 Å². The number of carbonyl (C=O) groups is 2. The zero-order chi connectivity index (χ0) is 19.1. The summed E-state index contributed by atoms with van der Waals surface area (Å²) in [7, 11) is 1.73. The smallest absolute Gasteiger partial charge is 0.324 e. The van der Waals surface area contributed by atoms with Gasteiger partial charge in [0.25, 0.3) is 0 Å². The van der Waals surface area contributed by atoms with E-state index in [1.54, 1.807) is 7.05 Å². The summed E-state index contributed by atoms with van der Waals surface area (Å²) in [6, 6.07) is 10.6. The van der Waals surface area contributed by atoms with Crippen LogP contribution in [0.1, 0.15) is 18.4 Å². The van der Waals surface area contributed by atoms with Crippen molar-refractivity contribution in [3.63, 3.8) is 0 Å². The van der Waals surface area contributed by atoms with E-state index >= 15 is 0 Å². The number of piperidine rings is 1. The molecule has 2 fully saturated rings. The molecule has 0 aromatic heterocycles. The Kier molecular flexibility index (Phi) is 6.64. The number of amides is 3. The summed E-state index contributed by atoms with van der Waals surface area (Å²) in [6.45, 7) is 3.99. The highest BCUT2D eigenvalue weighted by Gasteiger charge is 2.27. The molecule has 1 aromatic carbocycles. The number of nitrogens with one attached hydrogen (secondary N) is 3. The number of urea groups is 1. The first-order valence-corrected chi connectivity index (χ1v) is 9.47. The summed E-state index contributed by atoms with van der Waals surface area (Å²) in [6.07, 6.45) is 2.11. The maximum absolute atomic E-state index is 11.6. The summed E-state index contributed by atoms with van der Waals surface area (Å²) in [5.74, 6) is 0.527. The summed E-state index contributed by atoms with van der Waals surface area (Å²) in [4.78, 5) is 31.0. The fourth-order valence-corrected chi connectivity index (χ4v) is 3.43. The summed E-state index contributed by atoms with van der Waals surface area (Å²) >= 11 is 0. The number of carbonyl (C=O) groups excluding carboxylic acids is 2. The first-order chi connectivity index (χ1) is 13.2. The van der Waals surface area contributed by atoms with Crippen LogP contribution in [0.25, 0.3) is 0 Å². The molecular formula is C19H28N6O2. The van der Waals surface area contributed by atoms with Gasteiger partial charge in [0.2, 0.25) is 5.91 Å². The number of hydrogen-bond acceptors (Lipinski definition) is 4. The van der Waals surface area contributed by atoms with E-state index < -0.39 is 0 Å². The molecule has 0 radical (unpaired) electrons. The number of guanidine groups is 1. The van der Waals surface area contributed by atoms with Crippen molar-refractivity contribution in [2.75, 3.05) is 39.8 Å². The highest BCUT2D eigenvalue weighted by molar-refractivity contribution is 6.01. The van der Waals surface area contributed by atoms with Crippen LogP contribution >= 0.6 is 0 Å². The van der Waals surface area contributed by atoms with Crippen LogP contribution in [0.15, 0.2) is 35.3 Å². The average molecular weight is 372 g/mol. The molecule has 3 rings (SSSR count). The van der Waals surface area contributed by atoms with E-state index in [0.717, 1.165) is 32.5 Å². The third-order valence-electron chi connectivity index (χ3n) is 4.97. The number of aliphatic imine (C=N–C) groups is 1. The predicted molar refractivity (Wildman–Crippen MR) is 104 cm³/mol. The molecule has 8 nitrogen and oxygen atoms in total. The highest BCUT2D eigenvalue weighted by Crippen LogP contribution is 2.13. The van der Waals surface area contributed by atoms with Gasteiger partial charge in [0.05, 0.1) is 6.54 Å². The second-order valence-electron chi connectivity index (χ2n) is 6.88. The molecule has 0 aliphatic carbocycles. The van der Waals surface area contributed by atoms with E-state index in [1.807, 2.05) is 6.07 Å². The van der Waals surface area contributed by atoms with Crippen LogP contribution in [0, 0.1) is 0 Å². The van der Waals surface area contributed by atoms with Gasteiger partial charge in [-0.05, 0) is 18.4 Å². The molecule has 27 heavy (non-hydrogen) atoms. The Morgan fingerprint density at radius 3 is 2.59 bits per heavy atom. The Balaban J connectivity index is 1.37. The lowest BCUT2D eigenvalue weighted by atomic mass is 10.0. The van der Waals surface area contributed by atoms with Crippen molar-refractivity contribution >= 4 is 17.9 Å². The number of rotatable bonds is 6. The first-order valence-electron chi connectivity index (χ1n) is 9.47. The van der Waals surface area contributed by atoms with Gasteiger partial charge < -0.3 is 16.0 Å². The summed E-state index contributed by atoms with van der Waals surface area (Å²) in [5.41, 5.74) is 1.35. The van der Waals surface area contributed by atoms with Gasteiger partial charge in [-0.1, -0.05) is 30.3 Å². The minimum Gasteiger partial charge on any atom is -0.355 e. The van der Waals surface area contributed by atoms with Gasteiger partial charge in [-0.15, -0.1) is 0 Å². The number of likely N-dealkylation sites (tertiary alicyclic amines) is 1. The molecule has 0 bridgehead atoms. The lowest BCUT2D eigenvalue weighted by Crippen LogP contribution is -2.49. The molecule has 3 N–H and O–H groups in total. The van der Waals surface area contributed by atoms with Crippen LogP contribution in [-0.4, -0.2) is 73.5 Å². The highest BCUT2D eigenvalue weighted by atomic mass is 16.2. The topological polar surface area (TPSA) is 89.1 Å². The minimum atomic E-state index is -0.324. The van der Waals surface area contributed by atoms with Crippen molar-refractivity contribution in [3.05, 3.63) is 35.9 Å². The summed E-state index contributed by atoms with van der Waals surface area (Å²) in [5, 5.41) is 9.15. The van der Waals surface area contributed by atoms with Crippen molar-refractivity contribution in [1.82, 2.24) is 25.8 Å². The Morgan fingerprint density at radius 2 is 1.96 bits per heavy atom. The van der Waals surface area contributed by atoms with E-state index in [4.69, 9.17) is 0 Å². The zero-order valence-electron chi connectivity index (χ0n) is 15.8. The minimum absolute atomic E-state index is 0.0906. The number of nitrogens with zero attached hydrogens (tertiary/aromatic N) is 3. The lowest BCUT2D eigenvalue weighted by molar-refractivity contribution is -0.124. The third kappa shape index (κ3) is 5.43. The Hall–Kier alpha value is -2.61. The molecule has 0 saturated carbocycles. The maximum atomic E-state index is 11.6. The molecule has 3 amide bonds. The van der Waals surface area contributed by atoms with Gasteiger partial charge in [-0.2, -0.15) is 0 Å². The van der Waals surface area contributed by atoms with Crippen LogP contribution in [0.2, 0.25) is 0 Å². The van der Waals surface area contributed by atoms with E-state index in [-0.39, 0.29) is 18.5 Å². The SMILES string of the molecule is CN=C(NCCN1C(=O)CNC1=O)NC1CCN(Cc2ccccc2)CC1. The van der Waals surface area contributed by atoms with E-state index in [1.165, 1.54) is 10.5 Å². The Labute approximate surface area is 160 Å². The Bertz CT molecular complexity index is 654. The van der Waals surface area contributed by atoms with Crippen molar-refractivity contribution in [2.24, 2.45) is 4.99 Å². The van der Waals surface area contributed by atoms with Gasteiger partial charge in [0, 0.05) is 45.8 Å². The average Bonchev–Trinajstić information content (AvgIpc) is 3.01. The van der Waals surface area contributed by atoms with Gasteiger partial charge in [-0.3, -0.25) is 19.6 Å². The predicted octanol–water partition coefficient (Wildman–Crippen LogP) is 0.368.